The minimum absolute atomic E-state index is 0.0581. The van der Waals surface area contributed by atoms with Crippen molar-refractivity contribution in [2.75, 3.05) is 7.11 Å². The van der Waals surface area contributed by atoms with E-state index in [1.165, 1.54) is 19.4 Å². The Bertz CT molecular complexity index is 639. The van der Waals surface area contributed by atoms with Gasteiger partial charge in [0.15, 0.2) is 11.5 Å². The second-order valence-corrected chi connectivity index (χ2v) is 4.39. The van der Waals surface area contributed by atoms with Crippen LogP contribution in [0.5, 0.6) is 11.5 Å². The number of methoxy groups -OCH3 is 1. The van der Waals surface area contributed by atoms with Gasteiger partial charge in [-0.2, -0.15) is 5.10 Å². The van der Waals surface area contributed by atoms with Gasteiger partial charge >= 0.3 is 0 Å². The Balaban J connectivity index is 1.91. The SMILES string of the molecule is COc1cc(/C=N/NC(=O)Cc2ccccc2)ccc1O. The lowest BCUT2D eigenvalue weighted by Crippen LogP contribution is -2.19. The van der Waals surface area contributed by atoms with E-state index in [-0.39, 0.29) is 18.1 Å². The minimum atomic E-state index is -0.191. The maximum Gasteiger partial charge on any atom is 0.244 e. The first-order valence-electron chi connectivity index (χ1n) is 6.42. The first-order chi connectivity index (χ1) is 10.2. The lowest BCUT2D eigenvalue weighted by Gasteiger charge is -2.03. The number of hydrazone groups is 1. The summed E-state index contributed by atoms with van der Waals surface area (Å²) < 4.78 is 4.99. The number of rotatable bonds is 5. The predicted octanol–water partition coefficient (Wildman–Crippen LogP) is 2.09. The van der Waals surface area contributed by atoms with Crippen molar-refractivity contribution < 1.29 is 14.6 Å². The molecule has 0 radical (unpaired) electrons. The predicted molar refractivity (Wildman–Crippen MR) is 80.5 cm³/mol. The molecular formula is C16H16N2O3. The van der Waals surface area contributed by atoms with E-state index in [1.807, 2.05) is 30.3 Å². The van der Waals surface area contributed by atoms with E-state index < -0.39 is 0 Å². The molecule has 0 saturated heterocycles. The van der Waals surface area contributed by atoms with Crippen LogP contribution in [0.4, 0.5) is 0 Å². The van der Waals surface area contributed by atoms with E-state index in [2.05, 4.69) is 10.5 Å². The van der Waals surface area contributed by atoms with Gasteiger partial charge in [0, 0.05) is 0 Å². The van der Waals surface area contributed by atoms with Gasteiger partial charge in [0.1, 0.15) is 0 Å². The molecule has 5 nitrogen and oxygen atoms in total. The summed E-state index contributed by atoms with van der Waals surface area (Å²) in [5.41, 5.74) is 4.10. The number of nitrogens with one attached hydrogen (secondary N) is 1. The van der Waals surface area contributed by atoms with E-state index in [0.717, 1.165) is 5.56 Å². The molecule has 0 aliphatic heterocycles. The Morgan fingerprint density at radius 1 is 1.29 bits per heavy atom. The first kappa shape index (κ1) is 14.6. The van der Waals surface area contributed by atoms with Gasteiger partial charge in [-0.05, 0) is 29.3 Å². The highest BCUT2D eigenvalue weighted by Crippen LogP contribution is 2.25. The number of hydrogen-bond donors (Lipinski definition) is 2. The molecule has 2 aromatic carbocycles. The highest BCUT2D eigenvalue weighted by atomic mass is 16.5. The van der Waals surface area contributed by atoms with Crippen LogP contribution in [0.25, 0.3) is 0 Å². The normalized spacial score (nSPS) is 10.5. The van der Waals surface area contributed by atoms with E-state index >= 15 is 0 Å². The number of aromatic hydroxyl groups is 1. The average molecular weight is 284 g/mol. The third-order valence-corrected chi connectivity index (χ3v) is 2.81. The molecular weight excluding hydrogens is 268 g/mol. The smallest absolute Gasteiger partial charge is 0.244 e. The molecule has 0 fully saturated rings. The van der Waals surface area contributed by atoms with Crippen LogP contribution in [-0.2, 0) is 11.2 Å². The molecule has 2 aromatic rings. The molecule has 0 bridgehead atoms. The van der Waals surface area contributed by atoms with Crippen LogP contribution in [0, 0.1) is 0 Å². The Kier molecular flexibility index (Phi) is 4.93. The summed E-state index contributed by atoms with van der Waals surface area (Å²) in [6, 6.07) is 14.2. The molecule has 2 N–H and O–H groups in total. The lowest BCUT2D eigenvalue weighted by molar-refractivity contribution is -0.120. The van der Waals surface area contributed by atoms with Crippen LogP contribution in [0.15, 0.2) is 53.6 Å². The Labute approximate surface area is 122 Å². The molecule has 0 atom stereocenters. The first-order valence-corrected chi connectivity index (χ1v) is 6.42. The zero-order chi connectivity index (χ0) is 15.1. The monoisotopic (exact) mass is 284 g/mol. The van der Waals surface area contributed by atoms with Crippen LogP contribution in [0.2, 0.25) is 0 Å². The quantitative estimate of drug-likeness (QED) is 0.652. The molecule has 0 aliphatic rings. The van der Waals surface area contributed by atoms with E-state index in [4.69, 9.17) is 4.74 Å². The fraction of sp³-hybridized carbons (Fsp3) is 0.125. The Hall–Kier alpha value is -2.82. The van der Waals surface area contributed by atoms with Gasteiger partial charge in [0.2, 0.25) is 5.91 Å². The third kappa shape index (κ3) is 4.35. The van der Waals surface area contributed by atoms with Crippen LogP contribution in [-0.4, -0.2) is 24.3 Å². The Morgan fingerprint density at radius 2 is 2.05 bits per heavy atom. The summed E-state index contributed by atoms with van der Waals surface area (Å²) in [5.74, 6) is 0.223. The summed E-state index contributed by atoms with van der Waals surface area (Å²) >= 11 is 0. The van der Waals surface area contributed by atoms with E-state index in [1.54, 1.807) is 12.1 Å². The lowest BCUT2D eigenvalue weighted by atomic mass is 10.1. The van der Waals surface area contributed by atoms with E-state index in [9.17, 15) is 9.90 Å². The highest BCUT2D eigenvalue weighted by Gasteiger charge is 2.02. The average Bonchev–Trinajstić information content (AvgIpc) is 2.50. The van der Waals surface area contributed by atoms with Crippen LogP contribution < -0.4 is 10.2 Å². The number of hydrogen-bond acceptors (Lipinski definition) is 4. The highest BCUT2D eigenvalue weighted by molar-refractivity contribution is 5.84. The fourth-order valence-corrected chi connectivity index (χ4v) is 1.77. The van der Waals surface area contributed by atoms with E-state index in [0.29, 0.717) is 11.3 Å². The summed E-state index contributed by atoms with van der Waals surface area (Å²) in [5, 5.41) is 13.4. The van der Waals surface area contributed by atoms with Gasteiger partial charge in [-0.3, -0.25) is 4.79 Å². The summed E-state index contributed by atoms with van der Waals surface area (Å²) in [7, 11) is 1.47. The van der Waals surface area contributed by atoms with Gasteiger partial charge in [0.25, 0.3) is 0 Å². The molecule has 5 heteroatoms. The zero-order valence-electron chi connectivity index (χ0n) is 11.6. The topological polar surface area (TPSA) is 70.9 Å². The summed E-state index contributed by atoms with van der Waals surface area (Å²) in [6.07, 6.45) is 1.77. The maximum atomic E-state index is 11.7. The molecule has 0 saturated carbocycles. The van der Waals surface area contributed by atoms with Crippen molar-refractivity contribution in [3.05, 3.63) is 59.7 Å². The van der Waals surface area contributed by atoms with Crippen molar-refractivity contribution in [1.82, 2.24) is 5.43 Å². The molecule has 0 aliphatic carbocycles. The standard InChI is InChI=1S/C16H16N2O3/c1-21-15-9-13(7-8-14(15)19)11-17-18-16(20)10-12-5-3-2-4-6-12/h2-9,11,19H,10H2,1H3,(H,18,20)/b17-11+. The van der Waals surface area contributed by atoms with Gasteiger partial charge in [0.05, 0.1) is 19.7 Å². The van der Waals surface area contributed by atoms with Crippen molar-refractivity contribution in [2.45, 2.75) is 6.42 Å². The number of ether oxygens (including phenoxy) is 1. The van der Waals surface area contributed by atoms with Crippen LogP contribution in [0.3, 0.4) is 0 Å². The molecule has 2 rings (SSSR count). The van der Waals surface area contributed by atoms with Gasteiger partial charge in [-0.1, -0.05) is 30.3 Å². The number of carbonyl (C=O) groups excluding carboxylic acids is 1. The van der Waals surface area contributed by atoms with Crippen LogP contribution in [0.1, 0.15) is 11.1 Å². The number of benzene rings is 2. The molecule has 108 valence electrons. The minimum Gasteiger partial charge on any atom is -0.504 e. The molecule has 0 heterocycles. The van der Waals surface area contributed by atoms with Crippen molar-refractivity contribution in [1.29, 1.82) is 0 Å². The third-order valence-electron chi connectivity index (χ3n) is 2.81. The number of phenolic OH excluding ortho intramolecular Hbond substituents is 1. The number of phenols is 1. The van der Waals surface area contributed by atoms with Crippen molar-refractivity contribution >= 4 is 12.1 Å². The van der Waals surface area contributed by atoms with Crippen molar-refractivity contribution in [3.63, 3.8) is 0 Å². The number of amides is 1. The number of carbonyl (C=O) groups is 1. The maximum absolute atomic E-state index is 11.7. The van der Waals surface area contributed by atoms with Crippen molar-refractivity contribution in [3.8, 4) is 11.5 Å². The van der Waals surface area contributed by atoms with Gasteiger partial charge in [-0.15, -0.1) is 0 Å². The largest absolute Gasteiger partial charge is 0.504 e. The van der Waals surface area contributed by atoms with Gasteiger partial charge in [-0.25, -0.2) is 5.43 Å². The second-order valence-electron chi connectivity index (χ2n) is 4.39. The second kappa shape index (κ2) is 7.09. The van der Waals surface area contributed by atoms with Crippen molar-refractivity contribution in [2.24, 2.45) is 5.10 Å². The van der Waals surface area contributed by atoms with Gasteiger partial charge < -0.3 is 9.84 Å². The Morgan fingerprint density at radius 3 is 2.76 bits per heavy atom. The van der Waals surface area contributed by atoms with Crippen LogP contribution >= 0.6 is 0 Å². The molecule has 21 heavy (non-hydrogen) atoms. The fourth-order valence-electron chi connectivity index (χ4n) is 1.77. The molecule has 1 amide bonds. The summed E-state index contributed by atoms with van der Waals surface area (Å²) in [4.78, 5) is 11.7. The number of nitrogens with zero attached hydrogens (tertiary/aromatic N) is 1. The molecule has 0 spiro atoms. The molecule has 0 aromatic heterocycles. The summed E-state index contributed by atoms with van der Waals surface area (Å²) in [6.45, 7) is 0. The molecule has 0 unspecified atom stereocenters. The zero-order valence-corrected chi connectivity index (χ0v) is 11.6.